The van der Waals surface area contributed by atoms with E-state index < -0.39 is 0 Å². The van der Waals surface area contributed by atoms with Gasteiger partial charge in [-0.05, 0) is 19.4 Å². The van der Waals surface area contributed by atoms with Gasteiger partial charge in [-0.2, -0.15) is 0 Å². The predicted octanol–water partition coefficient (Wildman–Crippen LogP) is 4.23. The first-order chi connectivity index (χ1) is 13.5. The van der Waals surface area contributed by atoms with Gasteiger partial charge in [0.15, 0.2) is 5.13 Å². The number of nitrogens with zero attached hydrogens (tertiary/aromatic N) is 3. The highest BCUT2D eigenvalue weighted by Gasteiger charge is 2.14. The van der Waals surface area contributed by atoms with Crippen molar-refractivity contribution in [1.82, 2.24) is 14.5 Å². The fraction of sp³-hybridized carbons (Fsp3) is 0.200. The molecule has 4 aromatic rings. The van der Waals surface area contributed by atoms with Crippen LogP contribution >= 0.6 is 22.7 Å². The summed E-state index contributed by atoms with van der Waals surface area (Å²) in [6.07, 6.45) is 1.69. The molecule has 3 heterocycles. The first-order valence-corrected chi connectivity index (χ1v) is 10.5. The second-order valence-electron chi connectivity index (χ2n) is 6.53. The maximum absolute atomic E-state index is 13.0. The molecule has 3 aromatic heterocycles. The lowest BCUT2D eigenvalue weighted by molar-refractivity contribution is -0.116. The van der Waals surface area contributed by atoms with Crippen LogP contribution in [0.1, 0.15) is 17.7 Å². The number of fused-ring (bicyclic) bond motifs is 1. The van der Waals surface area contributed by atoms with Gasteiger partial charge in [0.25, 0.3) is 5.56 Å². The van der Waals surface area contributed by atoms with Gasteiger partial charge in [-0.1, -0.05) is 29.8 Å². The molecular weight excluding hydrogens is 392 g/mol. The van der Waals surface area contributed by atoms with E-state index in [1.807, 2.05) is 48.9 Å². The molecule has 0 radical (unpaired) electrons. The second-order valence-corrected chi connectivity index (χ2v) is 8.25. The number of hydrogen-bond donors (Lipinski definition) is 1. The van der Waals surface area contributed by atoms with Crippen LogP contribution in [0.25, 0.3) is 21.3 Å². The molecule has 0 aliphatic rings. The summed E-state index contributed by atoms with van der Waals surface area (Å²) in [5.74, 6) is -0.176. The van der Waals surface area contributed by atoms with Gasteiger partial charge in [0, 0.05) is 29.3 Å². The third-order valence-corrected chi connectivity index (χ3v) is 6.13. The van der Waals surface area contributed by atoms with Gasteiger partial charge < -0.3 is 5.32 Å². The Bertz CT molecular complexity index is 1210. The van der Waals surface area contributed by atoms with Gasteiger partial charge in [-0.3, -0.25) is 14.2 Å². The Balaban J connectivity index is 1.57. The topological polar surface area (TPSA) is 76.9 Å². The molecule has 6 nitrogen and oxygen atoms in total. The van der Waals surface area contributed by atoms with E-state index in [1.54, 1.807) is 0 Å². The number of rotatable bonds is 5. The molecule has 142 valence electrons. The minimum Gasteiger partial charge on any atom is -0.302 e. The van der Waals surface area contributed by atoms with Crippen LogP contribution in [0.4, 0.5) is 5.13 Å². The number of aryl methyl sites for hydroxylation is 3. The number of aromatic nitrogens is 3. The van der Waals surface area contributed by atoms with Crippen molar-refractivity contribution >= 4 is 43.9 Å². The Labute approximate surface area is 169 Å². The van der Waals surface area contributed by atoms with Crippen molar-refractivity contribution in [2.45, 2.75) is 26.8 Å². The monoisotopic (exact) mass is 410 g/mol. The zero-order valence-corrected chi connectivity index (χ0v) is 17.1. The number of anilines is 1. The number of carbonyl (C=O) groups excluding carboxylic acids is 1. The lowest BCUT2D eigenvalue weighted by atomic mass is 10.1. The van der Waals surface area contributed by atoms with Crippen molar-refractivity contribution in [3.63, 3.8) is 0 Å². The first-order valence-electron chi connectivity index (χ1n) is 8.77. The number of carbonyl (C=O) groups is 1. The van der Waals surface area contributed by atoms with E-state index in [0.29, 0.717) is 15.3 Å². The van der Waals surface area contributed by atoms with E-state index in [0.717, 1.165) is 16.8 Å². The second kappa shape index (κ2) is 7.65. The highest BCUT2D eigenvalue weighted by atomic mass is 32.1. The average molecular weight is 411 g/mol. The molecular formula is C20H18N4O2S2. The molecule has 28 heavy (non-hydrogen) atoms. The van der Waals surface area contributed by atoms with Gasteiger partial charge >= 0.3 is 0 Å². The van der Waals surface area contributed by atoms with E-state index >= 15 is 0 Å². The lowest BCUT2D eigenvalue weighted by Gasteiger charge is -2.06. The highest BCUT2D eigenvalue weighted by Crippen LogP contribution is 2.30. The molecule has 0 spiro atoms. The van der Waals surface area contributed by atoms with Gasteiger partial charge in [-0.15, -0.1) is 22.7 Å². The number of nitrogens with one attached hydrogen (secondary N) is 1. The van der Waals surface area contributed by atoms with Crippen LogP contribution in [0, 0.1) is 13.8 Å². The summed E-state index contributed by atoms with van der Waals surface area (Å²) in [6.45, 7) is 4.17. The van der Waals surface area contributed by atoms with Crippen molar-refractivity contribution in [1.29, 1.82) is 0 Å². The van der Waals surface area contributed by atoms with Crippen molar-refractivity contribution < 1.29 is 4.79 Å². The van der Waals surface area contributed by atoms with E-state index in [-0.39, 0.29) is 24.4 Å². The molecule has 0 atom stereocenters. The summed E-state index contributed by atoms with van der Waals surface area (Å²) in [5.41, 5.74) is 3.78. The molecule has 1 aromatic carbocycles. The predicted molar refractivity (Wildman–Crippen MR) is 114 cm³/mol. The van der Waals surface area contributed by atoms with Gasteiger partial charge in [0.1, 0.15) is 4.83 Å². The number of hydrogen-bond acceptors (Lipinski definition) is 6. The van der Waals surface area contributed by atoms with Crippen LogP contribution in [0.2, 0.25) is 0 Å². The summed E-state index contributed by atoms with van der Waals surface area (Å²) in [6, 6.07) is 8.07. The molecule has 0 unspecified atom stereocenters. The summed E-state index contributed by atoms with van der Waals surface area (Å²) >= 11 is 2.84. The molecule has 0 saturated carbocycles. The number of benzene rings is 1. The van der Waals surface area contributed by atoms with Crippen LogP contribution in [-0.4, -0.2) is 20.4 Å². The Morgan fingerprint density at radius 3 is 2.64 bits per heavy atom. The van der Waals surface area contributed by atoms with Crippen LogP contribution in [0.5, 0.6) is 0 Å². The van der Waals surface area contributed by atoms with Gasteiger partial charge in [-0.25, -0.2) is 9.97 Å². The Kier molecular flexibility index (Phi) is 5.06. The van der Waals surface area contributed by atoms with Gasteiger partial charge in [0.05, 0.1) is 17.4 Å². The zero-order valence-electron chi connectivity index (χ0n) is 15.4. The van der Waals surface area contributed by atoms with Crippen LogP contribution < -0.4 is 10.9 Å². The highest BCUT2D eigenvalue weighted by molar-refractivity contribution is 7.17. The van der Waals surface area contributed by atoms with E-state index in [2.05, 4.69) is 15.3 Å². The fourth-order valence-corrected chi connectivity index (χ4v) is 4.50. The Morgan fingerprint density at radius 1 is 1.14 bits per heavy atom. The molecule has 4 rings (SSSR count). The van der Waals surface area contributed by atoms with Gasteiger partial charge in [0.2, 0.25) is 5.91 Å². The Hall–Kier alpha value is -2.84. The number of thiophene rings is 1. The summed E-state index contributed by atoms with van der Waals surface area (Å²) in [5, 5.41) is 7.78. The summed E-state index contributed by atoms with van der Waals surface area (Å²) < 4.78 is 1.50. The van der Waals surface area contributed by atoms with Crippen LogP contribution in [0.15, 0.2) is 46.1 Å². The third-order valence-electron chi connectivity index (χ3n) is 4.37. The lowest BCUT2D eigenvalue weighted by Crippen LogP contribution is -2.23. The standard InChI is InChI=1S/C20H18N4O2S2/c1-12-3-5-14(6-4-12)15-10-27-18-17(15)19(26)24(11-21-18)8-7-16(25)23-20-22-13(2)9-28-20/h3-6,9-11H,7-8H2,1-2H3,(H,22,23,25). The first kappa shape index (κ1) is 18.5. The normalized spacial score (nSPS) is 11.1. The van der Waals surface area contributed by atoms with E-state index in [4.69, 9.17) is 0 Å². The van der Waals surface area contributed by atoms with Crippen LogP contribution in [-0.2, 0) is 11.3 Å². The Morgan fingerprint density at radius 2 is 1.93 bits per heavy atom. The SMILES string of the molecule is Cc1ccc(-c2csc3ncn(CCC(=O)Nc4nc(C)cs4)c(=O)c23)cc1. The van der Waals surface area contributed by atoms with Crippen molar-refractivity contribution in [3.05, 3.63) is 63.0 Å². The summed E-state index contributed by atoms with van der Waals surface area (Å²) in [7, 11) is 0. The molecule has 0 aliphatic carbocycles. The number of amides is 1. The van der Waals surface area contributed by atoms with Crippen molar-refractivity contribution in [3.8, 4) is 11.1 Å². The van der Waals surface area contributed by atoms with Crippen molar-refractivity contribution in [2.75, 3.05) is 5.32 Å². The van der Waals surface area contributed by atoms with Crippen molar-refractivity contribution in [2.24, 2.45) is 0 Å². The summed E-state index contributed by atoms with van der Waals surface area (Å²) in [4.78, 5) is 34.5. The van der Waals surface area contributed by atoms with E-state index in [1.165, 1.54) is 39.1 Å². The molecule has 1 N–H and O–H groups in total. The fourth-order valence-electron chi connectivity index (χ4n) is 2.89. The maximum atomic E-state index is 13.0. The zero-order chi connectivity index (χ0) is 19.7. The molecule has 8 heteroatoms. The molecule has 0 saturated heterocycles. The van der Waals surface area contributed by atoms with Crippen LogP contribution in [0.3, 0.4) is 0 Å². The molecule has 1 amide bonds. The van der Waals surface area contributed by atoms with E-state index in [9.17, 15) is 9.59 Å². The molecule has 0 bridgehead atoms. The minimum absolute atomic E-state index is 0.125. The minimum atomic E-state index is -0.176. The molecule has 0 fully saturated rings. The number of thiazole rings is 1. The average Bonchev–Trinajstić information content (AvgIpc) is 3.28. The maximum Gasteiger partial charge on any atom is 0.262 e. The third kappa shape index (κ3) is 3.74. The quantitative estimate of drug-likeness (QED) is 0.534. The molecule has 0 aliphatic heterocycles. The smallest absolute Gasteiger partial charge is 0.262 e. The largest absolute Gasteiger partial charge is 0.302 e.